The average molecular weight is 353 g/mol. The van der Waals surface area contributed by atoms with Crippen LogP contribution in [0.25, 0.3) is 0 Å². The summed E-state index contributed by atoms with van der Waals surface area (Å²) in [5.41, 5.74) is 1.97. The van der Waals surface area contributed by atoms with Gasteiger partial charge in [-0.3, -0.25) is 0 Å². The van der Waals surface area contributed by atoms with E-state index in [1.54, 1.807) is 0 Å². The van der Waals surface area contributed by atoms with Crippen molar-refractivity contribution in [2.45, 2.75) is 37.5 Å². The van der Waals surface area contributed by atoms with Crippen molar-refractivity contribution >= 4 is 16.1 Å². The van der Waals surface area contributed by atoms with Gasteiger partial charge in [0.05, 0.1) is 18.4 Å². The highest BCUT2D eigenvalue weighted by Crippen LogP contribution is 2.31. The van der Waals surface area contributed by atoms with Gasteiger partial charge in [0.15, 0.2) is 0 Å². The molecule has 3 atom stereocenters. The third-order valence-electron chi connectivity index (χ3n) is 4.68. The van der Waals surface area contributed by atoms with Gasteiger partial charge in [-0.25, -0.2) is 17.5 Å². The third-order valence-corrected chi connectivity index (χ3v) is 5.95. The first kappa shape index (κ1) is 17.2. The largest absolute Gasteiger partial charge is 0.390 e. The zero-order chi connectivity index (χ0) is 17.3. The maximum absolute atomic E-state index is 12.3. The molecule has 0 aromatic heterocycles. The van der Waals surface area contributed by atoms with E-state index in [1.807, 2.05) is 24.3 Å². The molecular weight excluding hydrogens is 330 g/mol. The van der Waals surface area contributed by atoms with Crippen LogP contribution in [0.1, 0.15) is 30.0 Å². The number of benzene rings is 1. The molecule has 1 heterocycles. The fraction of sp³-hybridized carbons (Fsp3) is 0.562. The van der Waals surface area contributed by atoms with Crippen molar-refractivity contribution in [3.8, 4) is 0 Å². The molecule has 0 saturated carbocycles. The monoisotopic (exact) mass is 353 g/mol. The first-order valence-electron chi connectivity index (χ1n) is 8.12. The molecule has 1 aromatic carbocycles. The van der Waals surface area contributed by atoms with Gasteiger partial charge in [-0.2, -0.15) is 0 Å². The molecule has 1 aliphatic heterocycles. The molecule has 3 N–H and O–H groups in total. The average Bonchev–Trinajstić information content (AvgIpc) is 2.83. The number of piperidine rings is 1. The van der Waals surface area contributed by atoms with Crippen LogP contribution in [-0.2, 0) is 16.4 Å². The quantitative estimate of drug-likeness (QED) is 0.731. The number of urea groups is 1. The summed E-state index contributed by atoms with van der Waals surface area (Å²) >= 11 is 0. The summed E-state index contributed by atoms with van der Waals surface area (Å²) in [5.74, 6) is 0. The molecule has 3 rings (SSSR count). The number of hydrogen-bond acceptors (Lipinski definition) is 4. The number of hydrogen-bond donors (Lipinski definition) is 3. The summed E-state index contributed by atoms with van der Waals surface area (Å²) in [6, 6.07) is 6.62. The molecule has 0 spiro atoms. The lowest BCUT2D eigenvalue weighted by atomic mass is 10.1. The van der Waals surface area contributed by atoms with Gasteiger partial charge < -0.3 is 15.7 Å². The van der Waals surface area contributed by atoms with Crippen molar-refractivity contribution in [2.75, 3.05) is 19.3 Å². The van der Waals surface area contributed by atoms with Crippen molar-refractivity contribution < 1.29 is 18.3 Å². The molecule has 1 aliphatic carbocycles. The molecule has 1 saturated heterocycles. The zero-order valence-electron chi connectivity index (χ0n) is 13.6. The second-order valence-electron chi connectivity index (χ2n) is 6.53. The maximum atomic E-state index is 12.3. The van der Waals surface area contributed by atoms with Crippen LogP contribution in [-0.4, -0.2) is 55.4 Å². The number of carbonyl (C=O) groups excluding carboxylic acids is 1. The number of nitrogens with one attached hydrogen (secondary N) is 2. The topological polar surface area (TPSA) is 98.7 Å². The van der Waals surface area contributed by atoms with Gasteiger partial charge in [-0.1, -0.05) is 24.3 Å². The number of carbonyl (C=O) groups is 1. The van der Waals surface area contributed by atoms with E-state index in [0.29, 0.717) is 19.4 Å². The number of nitrogens with zero attached hydrogens (tertiary/aromatic N) is 1. The Morgan fingerprint density at radius 1 is 1.29 bits per heavy atom. The molecule has 1 fully saturated rings. The number of amides is 2. The van der Waals surface area contributed by atoms with Crippen LogP contribution in [0.2, 0.25) is 0 Å². The van der Waals surface area contributed by atoms with E-state index in [1.165, 1.54) is 10.6 Å². The second kappa shape index (κ2) is 6.70. The summed E-state index contributed by atoms with van der Waals surface area (Å²) < 4.78 is 24.7. The van der Waals surface area contributed by atoms with Gasteiger partial charge in [0.25, 0.3) is 0 Å². The van der Waals surface area contributed by atoms with Crippen molar-refractivity contribution in [3.05, 3.63) is 35.4 Å². The molecule has 7 nitrogen and oxygen atoms in total. The van der Waals surface area contributed by atoms with Gasteiger partial charge >= 0.3 is 6.03 Å². The number of rotatable bonds is 3. The highest BCUT2D eigenvalue weighted by atomic mass is 32.2. The summed E-state index contributed by atoms with van der Waals surface area (Å²) in [5, 5.41) is 15.8. The molecule has 1 aromatic rings. The van der Waals surface area contributed by atoms with Crippen molar-refractivity contribution in [1.29, 1.82) is 0 Å². The van der Waals surface area contributed by atoms with Crippen molar-refractivity contribution in [2.24, 2.45) is 0 Å². The fourth-order valence-corrected chi connectivity index (χ4v) is 4.39. The van der Waals surface area contributed by atoms with Gasteiger partial charge in [-0.05, 0) is 24.0 Å². The van der Waals surface area contributed by atoms with Crippen LogP contribution >= 0.6 is 0 Å². The van der Waals surface area contributed by atoms with Crippen LogP contribution in [0.5, 0.6) is 0 Å². The number of aliphatic hydroxyl groups is 1. The second-order valence-corrected chi connectivity index (χ2v) is 8.51. The molecule has 2 aliphatic rings. The van der Waals surface area contributed by atoms with E-state index in [2.05, 4.69) is 10.6 Å². The Balaban J connectivity index is 1.60. The predicted octanol–water partition coefficient (Wildman–Crippen LogP) is 0.368. The van der Waals surface area contributed by atoms with Crippen LogP contribution < -0.4 is 10.6 Å². The standard InChI is InChI=1S/C16H23N3O4S/c1-24(22,23)19-8-4-6-12(10-19)17-16(21)18-15-13-7-3-2-5-11(13)9-14(15)20/h2-3,5,7,12,14-15,20H,4,6,8-10H2,1H3,(H2,17,18,21)/t12-,14-,15-/m0/s1. The van der Waals surface area contributed by atoms with E-state index >= 15 is 0 Å². The van der Waals surface area contributed by atoms with Crippen molar-refractivity contribution in [1.82, 2.24) is 14.9 Å². The molecule has 0 bridgehead atoms. The zero-order valence-corrected chi connectivity index (χ0v) is 14.4. The summed E-state index contributed by atoms with van der Waals surface area (Å²) in [6.07, 6.45) is 2.51. The number of sulfonamides is 1. The normalized spacial score (nSPS) is 27.5. The molecule has 132 valence electrons. The van der Waals surface area contributed by atoms with E-state index < -0.39 is 22.2 Å². The van der Waals surface area contributed by atoms with Gasteiger partial charge in [0, 0.05) is 25.6 Å². The van der Waals surface area contributed by atoms with E-state index in [-0.39, 0.29) is 18.6 Å². The first-order valence-corrected chi connectivity index (χ1v) is 9.97. The summed E-state index contributed by atoms with van der Waals surface area (Å²) in [7, 11) is -3.24. The predicted molar refractivity (Wildman–Crippen MR) is 90.0 cm³/mol. The van der Waals surface area contributed by atoms with Crippen LogP contribution in [0.15, 0.2) is 24.3 Å². The maximum Gasteiger partial charge on any atom is 0.315 e. The fourth-order valence-electron chi connectivity index (χ4n) is 3.48. The Morgan fingerprint density at radius 3 is 2.79 bits per heavy atom. The van der Waals surface area contributed by atoms with Gasteiger partial charge in [0.2, 0.25) is 10.0 Å². The Morgan fingerprint density at radius 2 is 2.04 bits per heavy atom. The summed E-state index contributed by atoms with van der Waals surface area (Å²) in [4.78, 5) is 12.3. The lowest BCUT2D eigenvalue weighted by Crippen LogP contribution is -2.52. The minimum atomic E-state index is -3.24. The van der Waals surface area contributed by atoms with Gasteiger partial charge in [0.1, 0.15) is 0 Å². The Labute approximate surface area is 142 Å². The number of fused-ring (bicyclic) bond motifs is 1. The summed E-state index contributed by atoms with van der Waals surface area (Å²) in [6.45, 7) is 0.781. The number of aliphatic hydroxyl groups excluding tert-OH is 1. The highest BCUT2D eigenvalue weighted by Gasteiger charge is 2.33. The highest BCUT2D eigenvalue weighted by molar-refractivity contribution is 7.88. The Bertz CT molecular complexity index is 722. The van der Waals surface area contributed by atoms with Crippen LogP contribution in [0.4, 0.5) is 4.79 Å². The van der Waals surface area contributed by atoms with E-state index in [9.17, 15) is 18.3 Å². The minimum Gasteiger partial charge on any atom is -0.390 e. The van der Waals surface area contributed by atoms with E-state index in [0.717, 1.165) is 17.5 Å². The third kappa shape index (κ3) is 3.71. The van der Waals surface area contributed by atoms with E-state index in [4.69, 9.17) is 0 Å². The molecule has 0 radical (unpaired) electrons. The molecule has 0 unspecified atom stereocenters. The molecule has 8 heteroatoms. The lowest BCUT2D eigenvalue weighted by Gasteiger charge is -2.31. The molecule has 24 heavy (non-hydrogen) atoms. The van der Waals surface area contributed by atoms with Gasteiger partial charge in [-0.15, -0.1) is 0 Å². The molecule has 2 amide bonds. The SMILES string of the molecule is CS(=O)(=O)N1CCC[C@H](NC(=O)N[C@H]2c3ccccc3C[C@@H]2O)C1. The van der Waals surface area contributed by atoms with Crippen molar-refractivity contribution in [3.63, 3.8) is 0 Å². The smallest absolute Gasteiger partial charge is 0.315 e. The lowest BCUT2D eigenvalue weighted by molar-refractivity contribution is 0.141. The Kier molecular flexibility index (Phi) is 4.80. The first-order chi connectivity index (χ1) is 11.3. The Hall–Kier alpha value is -1.64. The van der Waals surface area contributed by atoms with Crippen LogP contribution in [0, 0.1) is 0 Å². The minimum absolute atomic E-state index is 0.220. The van der Waals surface area contributed by atoms with Crippen LogP contribution in [0.3, 0.4) is 0 Å². The molecular formula is C16H23N3O4S.